The van der Waals surface area contributed by atoms with Crippen LogP contribution in [0.5, 0.6) is 0 Å². The van der Waals surface area contributed by atoms with Gasteiger partial charge in [0.05, 0.1) is 11.1 Å². The Morgan fingerprint density at radius 2 is 1.68 bits per heavy atom. The normalized spacial score (nSPS) is 16.7. The van der Waals surface area contributed by atoms with Crippen LogP contribution in [-0.4, -0.2) is 47.3 Å². The number of nitrogens with one attached hydrogen (secondary N) is 1. The van der Waals surface area contributed by atoms with Gasteiger partial charge in [-0.1, -0.05) is 44.2 Å². The van der Waals surface area contributed by atoms with Crippen LogP contribution < -0.4 is 5.32 Å². The highest BCUT2D eigenvalue weighted by Crippen LogP contribution is 2.27. The van der Waals surface area contributed by atoms with Crippen molar-refractivity contribution in [3.63, 3.8) is 0 Å². The van der Waals surface area contributed by atoms with Gasteiger partial charge < -0.3 is 10.2 Å². The Bertz CT molecular complexity index is 979. The summed E-state index contributed by atoms with van der Waals surface area (Å²) < 4.78 is 0. The molecule has 4 amide bonds. The molecule has 6 nitrogen and oxygen atoms in total. The zero-order chi connectivity index (χ0) is 22.0. The summed E-state index contributed by atoms with van der Waals surface area (Å²) in [7, 11) is 0. The number of imide groups is 1. The van der Waals surface area contributed by atoms with Crippen LogP contribution in [-0.2, 0) is 6.42 Å². The van der Waals surface area contributed by atoms with E-state index in [1.165, 1.54) is 10.5 Å². The SMILES string of the molecule is CC(C)CN1C(=O)c2ccc(NC(=O)N3CCC(Cc4ccccc4)CC3)cc2C1=O. The van der Waals surface area contributed by atoms with Gasteiger partial charge in [0, 0.05) is 25.3 Å². The second kappa shape index (κ2) is 8.92. The minimum atomic E-state index is -0.286. The van der Waals surface area contributed by atoms with Gasteiger partial charge in [-0.3, -0.25) is 14.5 Å². The van der Waals surface area contributed by atoms with E-state index in [0.29, 0.717) is 42.4 Å². The predicted molar refractivity (Wildman–Crippen MR) is 120 cm³/mol. The van der Waals surface area contributed by atoms with Crippen LogP contribution in [0.25, 0.3) is 0 Å². The third kappa shape index (κ3) is 4.63. The minimum absolute atomic E-state index is 0.158. The lowest BCUT2D eigenvalue weighted by Crippen LogP contribution is -2.41. The molecule has 31 heavy (non-hydrogen) atoms. The monoisotopic (exact) mass is 419 g/mol. The second-order valence-electron chi connectivity index (χ2n) is 8.93. The highest BCUT2D eigenvalue weighted by molar-refractivity contribution is 6.21. The van der Waals surface area contributed by atoms with Crippen LogP contribution in [0, 0.1) is 11.8 Å². The Morgan fingerprint density at radius 3 is 2.35 bits per heavy atom. The van der Waals surface area contributed by atoms with Crippen molar-refractivity contribution in [2.45, 2.75) is 33.1 Å². The maximum absolute atomic E-state index is 12.7. The fourth-order valence-corrected chi connectivity index (χ4v) is 4.39. The summed E-state index contributed by atoms with van der Waals surface area (Å²) in [6, 6.07) is 15.3. The molecule has 1 fully saturated rings. The maximum Gasteiger partial charge on any atom is 0.321 e. The predicted octanol–water partition coefficient (Wildman–Crippen LogP) is 4.43. The van der Waals surface area contributed by atoms with Crippen molar-refractivity contribution in [1.82, 2.24) is 9.80 Å². The molecule has 0 saturated carbocycles. The van der Waals surface area contributed by atoms with Crippen LogP contribution in [0.15, 0.2) is 48.5 Å². The summed E-state index contributed by atoms with van der Waals surface area (Å²) in [4.78, 5) is 41.0. The molecule has 2 aromatic rings. The van der Waals surface area contributed by atoms with E-state index in [-0.39, 0.29) is 23.8 Å². The van der Waals surface area contributed by atoms with Crippen molar-refractivity contribution in [3.8, 4) is 0 Å². The quantitative estimate of drug-likeness (QED) is 0.729. The van der Waals surface area contributed by atoms with Gasteiger partial charge in [0.15, 0.2) is 0 Å². The van der Waals surface area contributed by atoms with Crippen LogP contribution in [0.2, 0.25) is 0 Å². The van der Waals surface area contributed by atoms with E-state index in [9.17, 15) is 14.4 Å². The van der Waals surface area contributed by atoms with Crippen molar-refractivity contribution in [2.75, 3.05) is 25.0 Å². The topological polar surface area (TPSA) is 69.7 Å². The molecule has 0 bridgehead atoms. The molecule has 0 atom stereocenters. The second-order valence-corrected chi connectivity index (χ2v) is 8.93. The molecule has 1 saturated heterocycles. The zero-order valence-electron chi connectivity index (χ0n) is 18.1. The number of likely N-dealkylation sites (tertiary alicyclic amines) is 1. The average molecular weight is 420 g/mol. The molecular weight excluding hydrogens is 390 g/mol. The fourth-order valence-electron chi connectivity index (χ4n) is 4.39. The summed E-state index contributed by atoms with van der Waals surface area (Å²) in [5.74, 6) is 0.242. The first kappa shape index (κ1) is 21.1. The molecule has 6 heteroatoms. The number of nitrogens with zero attached hydrogens (tertiary/aromatic N) is 2. The van der Waals surface area contributed by atoms with E-state index in [1.807, 2.05) is 24.8 Å². The van der Waals surface area contributed by atoms with Crippen molar-refractivity contribution in [3.05, 3.63) is 65.2 Å². The molecule has 4 rings (SSSR count). The van der Waals surface area contributed by atoms with Crippen LogP contribution >= 0.6 is 0 Å². The number of piperidine rings is 1. The summed E-state index contributed by atoms with van der Waals surface area (Å²) in [6.45, 7) is 5.77. The Balaban J connectivity index is 1.35. The lowest BCUT2D eigenvalue weighted by atomic mass is 9.90. The maximum atomic E-state index is 12.7. The fraction of sp³-hybridized carbons (Fsp3) is 0.400. The highest BCUT2D eigenvalue weighted by atomic mass is 16.2. The van der Waals surface area contributed by atoms with Crippen molar-refractivity contribution in [2.24, 2.45) is 11.8 Å². The number of anilines is 1. The van der Waals surface area contributed by atoms with Gasteiger partial charge in [-0.05, 0) is 54.9 Å². The number of urea groups is 1. The minimum Gasteiger partial charge on any atom is -0.325 e. The molecule has 1 N–H and O–H groups in total. The molecule has 0 aliphatic carbocycles. The lowest BCUT2D eigenvalue weighted by molar-refractivity contribution is 0.0636. The summed E-state index contributed by atoms with van der Waals surface area (Å²) >= 11 is 0. The molecule has 0 radical (unpaired) electrons. The van der Waals surface area contributed by atoms with Crippen molar-refractivity contribution >= 4 is 23.5 Å². The van der Waals surface area contributed by atoms with E-state index < -0.39 is 0 Å². The van der Waals surface area contributed by atoms with E-state index in [4.69, 9.17) is 0 Å². The Morgan fingerprint density at radius 1 is 1.00 bits per heavy atom. The van der Waals surface area contributed by atoms with Gasteiger partial charge in [0.25, 0.3) is 11.8 Å². The molecular formula is C25H29N3O3. The highest BCUT2D eigenvalue weighted by Gasteiger charge is 2.36. The van der Waals surface area contributed by atoms with E-state index >= 15 is 0 Å². The number of amides is 4. The Labute approximate surface area is 183 Å². The zero-order valence-corrected chi connectivity index (χ0v) is 18.1. The molecule has 2 aliphatic rings. The van der Waals surface area contributed by atoms with Crippen molar-refractivity contribution < 1.29 is 14.4 Å². The molecule has 0 spiro atoms. The lowest BCUT2D eigenvalue weighted by Gasteiger charge is -2.32. The molecule has 162 valence electrons. The van der Waals surface area contributed by atoms with Crippen molar-refractivity contribution in [1.29, 1.82) is 0 Å². The molecule has 2 heterocycles. The first-order chi connectivity index (χ1) is 14.9. The molecule has 2 aromatic carbocycles. The number of carbonyl (C=O) groups is 3. The van der Waals surface area contributed by atoms with Crippen LogP contribution in [0.4, 0.5) is 10.5 Å². The van der Waals surface area contributed by atoms with Crippen LogP contribution in [0.3, 0.4) is 0 Å². The van der Waals surface area contributed by atoms with E-state index in [2.05, 4.69) is 29.6 Å². The standard InChI is InChI=1S/C25H29N3O3/c1-17(2)16-28-23(29)21-9-8-20(15-22(21)24(28)30)26-25(31)27-12-10-19(11-13-27)14-18-6-4-3-5-7-18/h3-9,15,17,19H,10-14,16H2,1-2H3,(H,26,31). The number of fused-ring (bicyclic) bond motifs is 1. The van der Waals surface area contributed by atoms with Crippen LogP contribution in [0.1, 0.15) is 53.0 Å². The van der Waals surface area contributed by atoms with Gasteiger partial charge in [-0.15, -0.1) is 0 Å². The number of hydrogen-bond acceptors (Lipinski definition) is 3. The molecule has 0 unspecified atom stereocenters. The largest absolute Gasteiger partial charge is 0.325 e. The Kier molecular flexibility index (Phi) is 6.07. The summed E-state index contributed by atoms with van der Waals surface area (Å²) in [5.41, 5.74) is 2.66. The number of hydrogen-bond donors (Lipinski definition) is 1. The average Bonchev–Trinajstić information content (AvgIpc) is 2.99. The van der Waals surface area contributed by atoms with E-state index in [1.54, 1.807) is 18.2 Å². The van der Waals surface area contributed by atoms with Gasteiger partial charge in [0.1, 0.15) is 0 Å². The van der Waals surface area contributed by atoms with E-state index in [0.717, 1.165) is 19.3 Å². The summed E-state index contributed by atoms with van der Waals surface area (Å²) in [6.07, 6.45) is 3.00. The van der Waals surface area contributed by atoms with Gasteiger partial charge in [0.2, 0.25) is 0 Å². The smallest absolute Gasteiger partial charge is 0.321 e. The first-order valence-electron chi connectivity index (χ1n) is 11.0. The Hall–Kier alpha value is -3.15. The molecule has 2 aliphatic heterocycles. The first-order valence-corrected chi connectivity index (χ1v) is 11.0. The van der Waals surface area contributed by atoms with Gasteiger partial charge >= 0.3 is 6.03 Å². The third-order valence-corrected chi connectivity index (χ3v) is 6.04. The molecule has 0 aromatic heterocycles. The summed E-state index contributed by atoms with van der Waals surface area (Å²) in [5, 5.41) is 2.90. The van der Waals surface area contributed by atoms with Gasteiger partial charge in [-0.2, -0.15) is 0 Å². The van der Waals surface area contributed by atoms with Gasteiger partial charge in [-0.25, -0.2) is 4.79 Å². The third-order valence-electron chi connectivity index (χ3n) is 6.04. The number of rotatable bonds is 5. The number of benzene rings is 2. The number of carbonyl (C=O) groups excluding carboxylic acids is 3.